The van der Waals surface area contributed by atoms with Crippen molar-refractivity contribution in [1.29, 1.82) is 0 Å². The highest BCUT2D eigenvalue weighted by molar-refractivity contribution is 5.59. The van der Waals surface area contributed by atoms with E-state index in [9.17, 15) is 5.11 Å². The zero-order chi connectivity index (χ0) is 16.4. The molecule has 3 heterocycles. The molecule has 124 valence electrons. The second-order valence-electron chi connectivity index (χ2n) is 6.77. The van der Waals surface area contributed by atoms with Gasteiger partial charge in [-0.15, -0.1) is 0 Å². The van der Waals surface area contributed by atoms with Crippen molar-refractivity contribution in [2.24, 2.45) is 0 Å². The van der Waals surface area contributed by atoms with E-state index in [-0.39, 0.29) is 18.5 Å². The van der Waals surface area contributed by atoms with Gasteiger partial charge in [-0.25, -0.2) is 0 Å². The lowest BCUT2D eigenvalue weighted by atomic mass is 9.84. The third kappa shape index (κ3) is 1.79. The van der Waals surface area contributed by atoms with Crippen molar-refractivity contribution in [3.8, 4) is 23.0 Å². The summed E-state index contributed by atoms with van der Waals surface area (Å²) in [6.45, 7) is 1.22. The third-order valence-electron chi connectivity index (χ3n) is 5.54. The Balaban J connectivity index is 1.74. The summed E-state index contributed by atoms with van der Waals surface area (Å²) in [7, 11) is 3.75. The van der Waals surface area contributed by atoms with Gasteiger partial charge in [0.15, 0.2) is 23.0 Å². The van der Waals surface area contributed by atoms with Crippen LogP contribution in [0.3, 0.4) is 0 Å². The van der Waals surface area contributed by atoms with E-state index in [1.807, 2.05) is 12.1 Å². The smallest absolute Gasteiger partial charge is 0.231 e. The van der Waals surface area contributed by atoms with Crippen LogP contribution in [0.25, 0.3) is 0 Å². The standard InChI is InChI=1S/C19H19NO4/c1-20-8-14-11-5-16(21)17(22-2)4-10(11)3-15(20)13-7-19-18(6-12(13)14)23-9-24-19/h4-7,14-15,21H,3,8-9H2,1-2H3/t14-,15-/m0/s1. The highest BCUT2D eigenvalue weighted by atomic mass is 16.7. The maximum Gasteiger partial charge on any atom is 0.231 e. The van der Waals surface area contributed by atoms with Crippen LogP contribution in [-0.2, 0) is 6.42 Å². The zero-order valence-electron chi connectivity index (χ0n) is 13.7. The first-order valence-electron chi connectivity index (χ1n) is 8.19. The molecule has 24 heavy (non-hydrogen) atoms. The average Bonchev–Trinajstić information content (AvgIpc) is 2.94. The fourth-order valence-corrected chi connectivity index (χ4v) is 4.35. The van der Waals surface area contributed by atoms with Gasteiger partial charge < -0.3 is 19.3 Å². The van der Waals surface area contributed by atoms with Crippen LogP contribution in [0.1, 0.15) is 34.2 Å². The van der Waals surface area contributed by atoms with Crippen LogP contribution >= 0.6 is 0 Å². The van der Waals surface area contributed by atoms with Crippen molar-refractivity contribution in [3.63, 3.8) is 0 Å². The van der Waals surface area contributed by atoms with Crippen molar-refractivity contribution < 1.29 is 19.3 Å². The van der Waals surface area contributed by atoms with Crippen LogP contribution in [-0.4, -0.2) is 37.5 Å². The van der Waals surface area contributed by atoms with E-state index >= 15 is 0 Å². The molecule has 1 N–H and O–H groups in total. The van der Waals surface area contributed by atoms with E-state index in [1.54, 1.807) is 7.11 Å². The zero-order valence-corrected chi connectivity index (χ0v) is 13.7. The Hall–Kier alpha value is -2.40. The Morgan fingerprint density at radius 3 is 2.58 bits per heavy atom. The summed E-state index contributed by atoms with van der Waals surface area (Å²) in [4.78, 5) is 2.39. The number of nitrogens with zero attached hydrogens (tertiary/aromatic N) is 1. The van der Waals surface area contributed by atoms with Crippen molar-refractivity contribution in [2.75, 3.05) is 27.5 Å². The van der Waals surface area contributed by atoms with Gasteiger partial charge in [-0.1, -0.05) is 0 Å². The minimum atomic E-state index is 0.201. The second-order valence-corrected chi connectivity index (χ2v) is 6.77. The summed E-state index contributed by atoms with van der Waals surface area (Å²) in [6.07, 6.45) is 0.894. The average molecular weight is 325 g/mol. The molecule has 0 radical (unpaired) electrons. The number of fused-ring (bicyclic) bond motifs is 2. The van der Waals surface area contributed by atoms with Crippen molar-refractivity contribution in [3.05, 3.63) is 46.5 Å². The first-order valence-corrected chi connectivity index (χ1v) is 8.19. The maximum absolute atomic E-state index is 10.3. The molecule has 4 aliphatic rings. The van der Waals surface area contributed by atoms with E-state index in [0.29, 0.717) is 11.8 Å². The molecule has 5 heteroatoms. The van der Waals surface area contributed by atoms with Gasteiger partial charge in [0, 0.05) is 18.5 Å². The van der Waals surface area contributed by atoms with E-state index in [0.717, 1.165) is 24.5 Å². The molecule has 2 aromatic rings. The summed E-state index contributed by atoms with van der Waals surface area (Å²) in [5.74, 6) is 2.61. The van der Waals surface area contributed by atoms with Crippen LogP contribution < -0.4 is 14.2 Å². The predicted octanol–water partition coefficient (Wildman–Crippen LogP) is 2.80. The van der Waals surface area contributed by atoms with Crippen molar-refractivity contribution >= 4 is 0 Å². The fourth-order valence-electron chi connectivity index (χ4n) is 4.35. The summed E-state index contributed by atoms with van der Waals surface area (Å²) in [6, 6.07) is 8.40. The molecule has 0 saturated carbocycles. The van der Waals surface area contributed by atoms with Gasteiger partial charge in [-0.05, 0) is 60.0 Å². The minimum Gasteiger partial charge on any atom is -0.504 e. The third-order valence-corrected chi connectivity index (χ3v) is 5.54. The monoisotopic (exact) mass is 325 g/mol. The second kappa shape index (κ2) is 4.80. The lowest BCUT2D eigenvalue weighted by Crippen LogP contribution is -2.33. The van der Waals surface area contributed by atoms with E-state index in [4.69, 9.17) is 14.2 Å². The molecule has 2 aromatic carbocycles. The van der Waals surface area contributed by atoms with Crippen LogP contribution in [0, 0.1) is 0 Å². The highest BCUT2D eigenvalue weighted by Gasteiger charge is 2.39. The van der Waals surface area contributed by atoms with Gasteiger partial charge in [0.05, 0.1) is 7.11 Å². The number of methoxy groups -OCH3 is 1. The molecule has 0 saturated heterocycles. The van der Waals surface area contributed by atoms with Crippen molar-refractivity contribution in [1.82, 2.24) is 4.90 Å². The van der Waals surface area contributed by atoms with Crippen LogP contribution in [0.5, 0.6) is 23.0 Å². The van der Waals surface area contributed by atoms with Gasteiger partial charge in [0.1, 0.15) is 0 Å². The number of hydrogen-bond donors (Lipinski definition) is 1. The number of phenols is 1. The molecule has 5 nitrogen and oxygen atoms in total. The number of likely N-dealkylation sites (N-methyl/N-ethyl adjacent to an activating group) is 1. The number of ether oxygens (including phenoxy) is 3. The fraction of sp³-hybridized carbons (Fsp3) is 0.368. The van der Waals surface area contributed by atoms with Gasteiger partial charge in [0.2, 0.25) is 6.79 Å². The lowest BCUT2D eigenvalue weighted by Gasteiger charge is -2.36. The normalized spacial score (nSPS) is 23.6. The van der Waals surface area contributed by atoms with Gasteiger partial charge >= 0.3 is 0 Å². The molecule has 0 fully saturated rings. The predicted molar refractivity (Wildman–Crippen MR) is 88.1 cm³/mol. The Morgan fingerprint density at radius 1 is 1.08 bits per heavy atom. The number of aromatic hydroxyl groups is 1. The summed E-state index contributed by atoms with van der Waals surface area (Å²) < 4.78 is 16.5. The van der Waals surface area contributed by atoms with E-state index in [2.05, 4.69) is 24.1 Å². The first kappa shape index (κ1) is 14.0. The quantitative estimate of drug-likeness (QED) is 0.874. The first-order chi connectivity index (χ1) is 11.7. The lowest BCUT2D eigenvalue weighted by molar-refractivity contribution is 0.174. The molecule has 2 bridgehead atoms. The molecule has 0 amide bonds. The Kier molecular flexibility index (Phi) is 2.80. The Morgan fingerprint density at radius 2 is 1.83 bits per heavy atom. The Labute approximate surface area is 140 Å². The molecule has 0 aromatic heterocycles. The molecule has 2 atom stereocenters. The van der Waals surface area contributed by atoms with Crippen LogP contribution in [0.15, 0.2) is 24.3 Å². The topological polar surface area (TPSA) is 51.2 Å². The largest absolute Gasteiger partial charge is 0.504 e. The summed E-state index contributed by atoms with van der Waals surface area (Å²) in [5, 5.41) is 10.3. The number of rotatable bonds is 1. The van der Waals surface area contributed by atoms with Crippen LogP contribution in [0.4, 0.5) is 0 Å². The van der Waals surface area contributed by atoms with Crippen molar-refractivity contribution in [2.45, 2.75) is 18.4 Å². The molecular formula is C19H19NO4. The van der Waals surface area contributed by atoms with E-state index in [1.165, 1.54) is 22.3 Å². The molecule has 6 rings (SSSR count). The summed E-state index contributed by atoms with van der Waals surface area (Å²) >= 11 is 0. The maximum atomic E-state index is 10.3. The number of hydrogen-bond acceptors (Lipinski definition) is 5. The van der Waals surface area contributed by atoms with Gasteiger partial charge in [-0.2, -0.15) is 0 Å². The van der Waals surface area contributed by atoms with Crippen LogP contribution in [0.2, 0.25) is 0 Å². The van der Waals surface area contributed by atoms with Gasteiger partial charge in [0.25, 0.3) is 0 Å². The molecule has 0 unspecified atom stereocenters. The number of phenolic OH excluding ortho intramolecular Hbond substituents is 1. The number of benzene rings is 2. The Bertz CT molecular complexity index is 848. The molecule has 0 spiro atoms. The summed E-state index contributed by atoms with van der Waals surface area (Å²) in [5.41, 5.74) is 5.00. The van der Waals surface area contributed by atoms with Gasteiger partial charge in [-0.3, -0.25) is 4.90 Å². The molecule has 1 aliphatic carbocycles. The van der Waals surface area contributed by atoms with E-state index < -0.39 is 0 Å². The molecule has 3 aliphatic heterocycles. The highest BCUT2D eigenvalue weighted by Crippen LogP contribution is 2.50. The SMILES string of the molecule is COc1cc2c(cc1O)[C@@H]1CN(C)[C@@H](C2)c2cc3c(cc21)OCO3. The minimum absolute atomic E-state index is 0.201. The molecular weight excluding hydrogens is 306 g/mol.